The van der Waals surface area contributed by atoms with Crippen molar-refractivity contribution in [1.82, 2.24) is 10.6 Å². The van der Waals surface area contributed by atoms with Crippen LogP contribution in [0.5, 0.6) is 0 Å². The first-order chi connectivity index (χ1) is 8.22. The van der Waals surface area contributed by atoms with Crippen molar-refractivity contribution in [3.05, 3.63) is 0 Å². The van der Waals surface area contributed by atoms with E-state index in [0.717, 1.165) is 25.8 Å². The minimum Gasteiger partial charge on any atom is -0.379 e. The second-order valence-corrected chi connectivity index (χ2v) is 4.71. The second-order valence-electron chi connectivity index (χ2n) is 4.71. The van der Waals surface area contributed by atoms with Crippen LogP contribution in [0, 0.1) is 5.92 Å². The zero-order valence-corrected chi connectivity index (χ0v) is 11.3. The number of likely N-dealkylation sites (N-methyl/N-ethyl adjacent to an activating group) is 1. The molecule has 0 aromatic carbocycles. The van der Waals surface area contributed by atoms with Gasteiger partial charge in [0.1, 0.15) is 0 Å². The summed E-state index contributed by atoms with van der Waals surface area (Å²) >= 11 is 0. The molecule has 1 aliphatic heterocycles. The summed E-state index contributed by atoms with van der Waals surface area (Å²) in [5.74, 6) is 0.120. The fraction of sp³-hybridized carbons (Fsp3) is 0.923. The van der Waals surface area contributed by atoms with Gasteiger partial charge in [-0.1, -0.05) is 27.2 Å². The Hall–Kier alpha value is -0.610. The van der Waals surface area contributed by atoms with Gasteiger partial charge in [-0.25, -0.2) is 0 Å². The van der Waals surface area contributed by atoms with Gasteiger partial charge >= 0.3 is 0 Å². The molecule has 4 nitrogen and oxygen atoms in total. The Kier molecular flexibility index (Phi) is 6.52. The topological polar surface area (TPSA) is 50.4 Å². The molecule has 1 rings (SSSR count). The Morgan fingerprint density at radius 2 is 2.12 bits per heavy atom. The fourth-order valence-electron chi connectivity index (χ4n) is 2.31. The molecule has 0 radical (unpaired) electrons. The van der Waals surface area contributed by atoms with E-state index < -0.39 is 0 Å². The molecule has 0 aromatic heterocycles. The Morgan fingerprint density at radius 1 is 1.35 bits per heavy atom. The van der Waals surface area contributed by atoms with Crippen LogP contribution >= 0.6 is 0 Å². The van der Waals surface area contributed by atoms with Gasteiger partial charge in [0.05, 0.1) is 19.1 Å². The number of hydrogen-bond donors (Lipinski definition) is 2. The van der Waals surface area contributed by atoms with Crippen LogP contribution in [0.25, 0.3) is 0 Å². The number of rotatable bonds is 7. The van der Waals surface area contributed by atoms with Gasteiger partial charge < -0.3 is 15.4 Å². The smallest absolute Gasteiger partial charge is 0.227 e. The highest BCUT2D eigenvalue weighted by Gasteiger charge is 2.33. The summed E-state index contributed by atoms with van der Waals surface area (Å²) < 4.78 is 5.40. The molecule has 0 saturated carbocycles. The maximum atomic E-state index is 12.1. The van der Waals surface area contributed by atoms with Crippen molar-refractivity contribution < 1.29 is 9.53 Å². The molecule has 100 valence electrons. The summed E-state index contributed by atoms with van der Waals surface area (Å²) in [4.78, 5) is 12.1. The quantitative estimate of drug-likeness (QED) is 0.707. The van der Waals surface area contributed by atoms with Crippen LogP contribution in [0.15, 0.2) is 0 Å². The fourth-order valence-corrected chi connectivity index (χ4v) is 2.31. The van der Waals surface area contributed by atoms with Gasteiger partial charge in [0, 0.05) is 12.1 Å². The van der Waals surface area contributed by atoms with Crippen LogP contribution in [0.4, 0.5) is 0 Å². The average Bonchev–Trinajstić information content (AvgIpc) is 2.77. The minimum atomic E-state index is -0.0270. The molecule has 1 heterocycles. The molecule has 1 saturated heterocycles. The van der Waals surface area contributed by atoms with Gasteiger partial charge in [-0.05, 0) is 19.4 Å². The first kappa shape index (κ1) is 14.5. The molecule has 0 spiro atoms. The predicted molar refractivity (Wildman–Crippen MR) is 68.9 cm³/mol. The van der Waals surface area contributed by atoms with Crippen molar-refractivity contribution in [2.45, 2.75) is 52.1 Å². The molecule has 17 heavy (non-hydrogen) atoms. The van der Waals surface area contributed by atoms with Crippen LogP contribution in [0.2, 0.25) is 0 Å². The van der Waals surface area contributed by atoms with Crippen LogP contribution in [0.3, 0.4) is 0 Å². The summed E-state index contributed by atoms with van der Waals surface area (Å²) in [6.07, 6.45) is 3.16. The van der Waals surface area contributed by atoms with Gasteiger partial charge in [0.2, 0.25) is 5.91 Å². The third-order valence-corrected chi connectivity index (χ3v) is 3.36. The van der Waals surface area contributed by atoms with Crippen molar-refractivity contribution in [3.8, 4) is 0 Å². The number of hydrogen-bond acceptors (Lipinski definition) is 3. The first-order valence-electron chi connectivity index (χ1n) is 6.84. The number of ether oxygens (including phenoxy) is 1. The molecule has 1 fully saturated rings. The number of carbonyl (C=O) groups excluding carboxylic acids is 1. The SMILES string of the molecule is CCCC(CC)NC(=O)C1COCC1NCC. The van der Waals surface area contributed by atoms with E-state index in [0.29, 0.717) is 19.3 Å². The number of carbonyl (C=O) groups is 1. The largest absolute Gasteiger partial charge is 0.379 e. The standard InChI is InChI=1S/C13H26N2O2/c1-4-7-10(5-2)15-13(16)11-8-17-9-12(11)14-6-3/h10-12,14H,4-9H2,1-3H3,(H,15,16). The molecule has 4 heteroatoms. The first-order valence-corrected chi connectivity index (χ1v) is 6.84. The van der Waals surface area contributed by atoms with Crippen LogP contribution in [0.1, 0.15) is 40.0 Å². The molecule has 0 bridgehead atoms. The van der Waals surface area contributed by atoms with Crippen LogP contribution < -0.4 is 10.6 Å². The lowest BCUT2D eigenvalue weighted by Gasteiger charge is -2.22. The van der Waals surface area contributed by atoms with E-state index in [9.17, 15) is 4.79 Å². The highest BCUT2D eigenvalue weighted by molar-refractivity contribution is 5.80. The van der Waals surface area contributed by atoms with Crippen molar-refractivity contribution in [3.63, 3.8) is 0 Å². The maximum Gasteiger partial charge on any atom is 0.227 e. The van der Waals surface area contributed by atoms with Crippen molar-refractivity contribution >= 4 is 5.91 Å². The summed E-state index contributed by atoms with van der Waals surface area (Å²) in [5, 5.41) is 6.45. The summed E-state index contributed by atoms with van der Waals surface area (Å²) in [7, 11) is 0. The third-order valence-electron chi connectivity index (χ3n) is 3.36. The predicted octanol–water partition coefficient (Wildman–Crippen LogP) is 1.31. The zero-order valence-electron chi connectivity index (χ0n) is 11.3. The van der Waals surface area contributed by atoms with Crippen LogP contribution in [-0.2, 0) is 9.53 Å². The van der Waals surface area contributed by atoms with Gasteiger partial charge in [0.15, 0.2) is 0 Å². The highest BCUT2D eigenvalue weighted by Crippen LogP contribution is 2.15. The Morgan fingerprint density at radius 3 is 2.71 bits per heavy atom. The van der Waals surface area contributed by atoms with E-state index >= 15 is 0 Å². The maximum absolute atomic E-state index is 12.1. The number of amides is 1. The highest BCUT2D eigenvalue weighted by atomic mass is 16.5. The monoisotopic (exact) mass is 242 g/mol. The van der Waals surface area contributed by atoms with E-state index in [-0.39, 0.29) is 17.9 Å². The van der Waals surface area contributed by atoms with E-state index in [2.05, 4.69) is 31.4 Å². The lowest BCUT2D eigenvalue weighted by Crippen LogP contribution is -2.46. The molecule has 1 aliphatic rings. The second kappa shape index (κ2) is 7.67. The lowest BCUT2D eigenvalue weighted by molar-refractivity contribution is -0.126. The van der Waals surface area contributed by atoms with Crippen LogP contribution in [-0.4, -0.2) is 37.7 Å². The summed E-state index contributed by atoms with van der Waals surface area (Å²) in [5.41, 5.74) is 0. The Bertz CT molecular complexity index is 233. The van der Waals surface area contributed by atoms with E-state index in [4.69, 9.17) is 4.74 Å². The molecular weight excluding hydrogens is 216 g/mol. The Labute approximate surface area is 104 Å². The van der Waals surface area contributed by atoms with Gasteiger partial charge in [-0.2, -0.15) is 0 Å². The van der Waals surface area contributed by atoms with Crippen molar-refractivity contribution in [2.75, 3.05) is 19.8 Å². The zero-order chi connectivity index (χ0) is 12.7. The minimum absolute atomic E-state index is 0.0270. The molecular formula is C13H26N2O2. The molecule has 0 aromatic rings. The molecule has 2 N–H and O–H groups in total. The molecule has 0 aliphatic carbocycles. The number of nitrogens with one attached hydrogen (secondary N) is 2. The Balaban J connectivity index is 2.44. The lowest BCUT2D eigenvalue weighted by atomic mass is 10.0. The van der Waals surface area contributed by atoms with E-state index in [1.807, 2.05) is 0 Å². The third kappa shape index (κ3) is 4.28. The normalized spacial score (nSPS) is 25.8. The van der Waals surface area contributed by atoms with E-state index in [1.165, 1.54) is 0 Å². The molecule has 3 atom stereocenters. The van der Waals surface area contributed by atoms with Gasteiger partial charge in [-0.15, -0.1) is 0 Å². The van der Waals surface area contributed by atoms with Gasteiger partial charge in [0.25, 0.3) is 0 Å². The summed E-state index contributed by atoms with van der Waals surface area (Å²) in [6.45, 7) is 8.40. The summed E-state index contributed by atoms with van der Waals surface area (Å²) in [6, 6.07) is 0.495. The molecule has 1 amide bonds. The van der Waals surface area contributed by atoms with Crippen molar-refractivity contribution in [2.24, 2.45) is 5.92 Å². The average molecular weight is 242 g/mol. The van der Waals surface area contributed by atoms with Crippen molar-refractivity contribution in [1.29, 1.82) is 0 Å². The van der Waals surface area contributed by atoms with Gasteiger partial charge in [-0.3, -0.25) is 4.79 Å². The van der Waals surface area contributed by atoms with E-state index in [1.54, 1.807) is 0 Å². The molecule has 3 unspecified atom stereocenters.